The van der Waals surface area contributed by atoms with E-state index in [1.165, 1.54) is 7.11 Å². The van der Waals surface area contributed by atoms with Crippen molar-refractivity contribution in [1.29, 1.82) is 0 Å². The highest BCUT2D eigenvalue weighted by molar-refractivity contribution is 6.30. The maximum Gasteiger partial charge on any atom is 0.365 e. The maximum absolute atomic E-state index is 12.6. The van der Waals surface area contributed by atoms with E-state index in [0.29, 0.717) is 35.2 Å². The normalized spacial score (nSPS) is 17.8. The Morgan fingerprint density at radius 1 is 1.07 bits per heavy atom. The molecule has 0 aliphatic carbocycles. The first-order valence-corrected chi connectivity index (χ1v) is 9.54. The molecule has 2 aromatic rings. The van der Waals surface area contributed by atoms with Crippen LogP contribution >= 0.6 is 11.6 Å². The minimum atomic E-state index is -0.485. The van der Waals surface area contributed by atoms with Gasteiger partial charge in [-0.15, -0.1) is 0 Å². The first-order valence-electron chi connectivity index (χ1n) is 9.16. The number of esters is 1. The van der Waals surface area contributed by atoms with E-state index in [1.54, 1.807) is 38.5 Å². The zero-order valence-electron chi connectivity index (χ0n) is 16.6. The summed E-state index contributed by atoms with van der Waals surface area (Å²) in [6.07, 6.45) is 0.450. The zero-order valence-corrected chi connectivity index (χ0v) is 17.3. The van der Waals surface area contributed by atoms with Gasteiger partial charge in [-0.3, -0.25) is 4.79 Å². The quantitative estimate of drug-likeness (QED) is 0.693. The molecule has 8 heteroatoms. The van der Waals surface area contributed by atoms with Gasteiger partial charge in [0.05, 0.1) is 21.3 Å². The fourth-order valence-corrected chi connectivity index (χ4v) is 3.70. The molecule has 1 aliphatic heterocycles. The van der Waals surface area contributed by atoms with Crippen molar-refractivity contribution in [3.05, 3.63) is 52.5 Å². The van der Waals surface area contributed by atoms with Crippen LogP contribution in [0.25, 0.3) is 0 Å². The van der Waals surface area contributed by atoms with Crippen molar-refractivity contribution >= 4 is 29.2 Å². The average Bonchev–Trinajstić information content (AvgIpc) is 2.73. The number of rotatable bonds is 6. The van der Waals surface area contributed by atoms with Gasteiger partial charge in [0.15, 0.2) is 24.1 Å². The first-order chi connectivity index (χ1) is 13.9. The molecule has 1 heterocycles. The Morgan fingerprint density at radius 2 is 1.69 bits per heavy atom. The standard InChI is InChI=1S/C21H23ClN2O5/c1-27-18-9-13-8-17(21(26)29-3)24(11-14(13)10-19(18)28-2)12-20(25)23-16-6-4-15(22)5-7-16/h4-7,9-10,17H,8,11-12H2,1-3H3,(H,23,25)/p+1/t17-/m0/s1. The number of methoxy groups -OCH3 is 3. The minimum Gasteiger partial charge on any atom is -0.493 e. The predicted molar refractivity (Wildman–Crippen MR) is 109 cm³/mol. The molecule has 1 amide bonds. The van der Waals surface area contributed by atoms with Crippen molar-refractivity contribution in [2.75, 3.05) is 33.2 Å². The fraction of sp³-hybridized carbons (Fsp3) is 0.333. The average molecular weight is 420 g/mol. The number of ether oxygens (including phenoxy) is 3. The summed E-state index contributed by atoms with van der Waals surface area (Å²) < 4.78 is 15.7. The highest BCUT2D eigenvalue weighted by Gasteiger charge is 2.38. The van der Waals surface area contributed by atoms with Crippen LogP contribution in [0.3, 0.4) is 0 Å². The van der Waals surface area contributed by atoms with Gasteiger partial charge in [-0.2, -0.15) is 0 Å². The number of quaternary nitrogens is 1. The van der Waals surface area contributed by atoms with Crippen LogP contribution in [-0.2, 0) is 27.3 Å². The second kappa shape index (κ2) is 9.15. The van der Waals surface area contributed by atoms with E-state index in [4.69, 9.17) is 25.8 Å². The summed E-state index contributed by atoms with van der Waals surface area (Å²) in [7, 11) is 4.51. The lowest BCUT2D eigenvalue weighted by Gasteiger charge is -2.32. The molecular formula is C21H24ClN2O5+. The molecule has 0 saturated heterocycles. The van der Waals surface area contributed by atoms with Gasteiger partial charge in [-0.05, 0) is 42.0 Å². The number of hydrogen-bond acceptors (Lipinski definition) is 5. The molecule has 1 aliphatic rings. The van der Waals surface area contributed by atoms with Crippen molar-refractivity contribution in [3.8, 4) is 11.5 Å². The smallest absolute Gasteiger partial charge is 0.365 e. The number of carbonyl (C=O) groups excluding carboxylic acids is 2. The van der Waals surface area contributed by atoms with E-state index in [0.717, 1.165) is 16.0 Å². The number of amides is 1. The molecule has 0 saturated carbocycles. The van der Waals surface area contributed by atoms with Crippen LogP contribution in [0.2, 0.25) is 5.02 Å². The molecular weight excluding hydrogens is 396 g/mol. The van der Waals surface area contributed by atoms with Gasteiger partial charge in [0, 0.05) is 22.7 Å². The summed E-state index contributed by atoms with van der Waals surface area (Å²) in [4.78, 5) is 25.8. The third-order valence-electron chi connectivity index (χ3n) is 5.04. The molecule has 0 spiro atoms. The summed E-state index contributed by atoms with van der Waals surface area (Å²) in [5.41, 5.74) is 2.65. The zero-order chi connectivity index (χ0) is 21.0. The van der Waals surface area contributed by atoms with Crippen LogP contribution < -0.4 is 19.7 Å². The lowest BCUT2D eigenvalue weighted by molar-refractivity contribution is -0.924. The number of fused-ring (bicyclic) bond motifs is 1. The van der Waals surface area contributed by atoms with Gasteiger partial charge < -0.3 is 24.4 Å². The van der Waals surface area contributed by atoms with E-state index in [-0.39, 0.29) is 18.4 Å². The second-order valence-corrected chi connectivity index (χ2v) is 7.26. The molecule has 0 bridgehead atoms. The van der Waals surface area contributed by atoms with Gasteiger partial charge in [-0.25, -0.2) is 4.79 Å². The van der Waals surface area contributed by atoms with Crippen LogP contribution in [0, 0.1) is 0 Å². The van der Waals surface area contributed by atoms with Crippen LogP contribution in [0.5, 0.6) is 11.5 Å². The Balaban J connectivity index is 1.81. The van der Waals surface area contributed by atoms with E-state index in [2.05, 4.69) is 5.32 Å². The summed E-state index contributed by atoms with van der Waals surface area (Å²) in [6.45, 7) is 0.611. The molecule has 154 valence electrons. The van der Waals surface area contributed by atoms with Crippen LogP contribution in [0.1, 0.15) is 11.1 Å². The van der Waals surface area contributed by atoms with Gasteiger partial charge in [0.2, 0.25) is 0 Å². The summed E-state index contributed by atoms with van der Waals surface area (Å²) >= 11 is 5.88. The van der Waals surface area contributed by atoms with Crippen LogP contribution in [0.4, 0.5) is 5.69 Å². The fourth-order valence-electron chi connectivity index (χ4n) is 3.57. The second-order valence-electron chi connectivity index (χ2n) is 6.82. The summed E-state index contributed by atoms with van der Waals surface area (Å²) in [5, 5.41) is 3.44. The van der Waals surface area contributed by atoms with E-state index in [9.17, 15) is 9.59 Å². The van der Waals surface area contributed by atoms with Gasteiger partial charge in [0.25, 0.3) is 5.91 Å². The lowest BCUT2D eigenvalue weighted by atomic mass is 9.93. The molecule has 2 aromatic carbocycles. The molecule has 3 rings (SSSR count). The molecule has 0 radical (unpaired) electrons. The van der Waals surface area contributed by atoms with Gasteiger partial charge in [0.1, 0.15) is 6.54 Å². The number of nitrogens with one attached hydrogen (secondary N) is 2. The Labute approximate surface area is 174 Å². The minimum absolute atomic E-state index is 0.121. The first kappa shape index (κ1) is 21.0. The molecule has 2 N–H and O–H groups in total. The number of hydrogen-bond donors (Lipinski definition) is 2. The Hall–Kier alpha value is -2.77. The third kappa shape index (κ3) is 4.81. The summed E-state index contributed by atoms with van der Waals surface area (Å²) in [5.74, 6) is 0.686. The highest BCUT2D eigenvalue weighted by Crippen LogP contribution is 2.32. The topological polar surface area (TPSA) is 78.3 Å². The predicted octanol–water partition coefficient (Wildman–Crippen LogP) is 1.48. The number of benzene rings is 2. The van der Waals surface area contributed by atoms with Gasteiger partial charge in [-0.1, -0.05) is 11.6 Å². The van der Waals surface area contributed by atoms with E-state index in [1.807, 2.05) is 12.1 Å². The van der Waals surface area contributed by atoms with Crippen molar-refractivity contribution < 1.29 is 28.7 Å². The largest absolute Gasteiger partial charge is 0.493 e. The van der Waals surface area contributed by atoms with Gasteiger partial charge >= 0.3 is 5.97 Å². The Kier molecular flexibility index (Phi) is 6.61. The maximum atomic E-state index is 12.6. The highest BCUT2D eigenvalue weighted by atomic mass is 35.5. The van der Waals surface area contributed by atoms with E-state index < -0.39 is 6.04 Å². The molecule has 7 nitrogen and oxygen atoms in total. The lowest BCUT2D eigenvalue weighted by Crippen LogP contribution is -3.17. The summed E-state index contributed by atoms with van der Waals surface area (Å²) in [6, 6.07) is 10.2. The number of halogens is 1. The number of carbonyl (C=O) groups is 2. The van der Waals surface area contributed by atoms with Crippen molar-refractivity contribution in [3.63, 3.8) is 0 Å². The monoisotopic (exact) mass is 419 g/mol. The Morgan fingerprint density at radius 3 is 2.28 bits per heavy atom. The van der Waals surface area contributed by atoms with E-state index >= 15 is 0 Å². The third-order valence-corrected chi connectivity index (χ3v) is 5.29. The SMILES string of the molecule is COC(=O)[C@@H]1Cc2cc(OC)c(OC)cc2C[NH+]1CC(=O)Nc1ccc(Cl)cc1. The van der Waals surface area contributed by atoms with Crippen molar-refractivity contribution in [1.82, 2.24) is 0 Å². The number of anilines is 1. The van der Waals surface area contributed by atoms with Crippen LogP contribution in [-0.4, -0.2) is 45.8 Å². The molecule has 0 fully saturated rings. The van der Waals surface area contributed by atoms with Crippen LogP contribution in [0.15, 0.2) is 36.4 Å². The Bertz CT molecular complexity index is 901. The van der Waals surface area contributed by atoms with Crippen molar-refractivity contribution in [2.45, 2.75) is 19.0 Å². The molecule has 0 aromatic heterocycles. The molecule has 2 atom stereocenters. The molecule has 1 unspecified atom stereocenters. The van der Waals surface area contributed by atoms with Crippen molar-refractivity contribution in [2.24, 2.45) is 0 Å². The molecule has 29 heavy (non-hydrogen) atoms.